The molecule has 5 nitrogen and oxygen atoms in total. The summed E-state index contributed by atoms with van der Waals surface area (Å²) in [6.07, 6.45) is 0.419. The second kappa shape index (κ2) is 5.97. The van der Waals surface area contributed by atoms with Crippen molar-refractivity contribution in [2.75, 3.05) is 27.0 Å². The summed E-state index contributed by atoms with van der Waals surface area (Å²) >= 11 is 0. The molecule has 0 atom stereocenters. The van der Waals surface area contributed by atoms with Crippen molar-refractivity contribution in [1.82, 2.24) is 4.31 Å². The fourth-order valence-corrected chi connectivity index (χ4v) is 2.21. The first-order valence-electron chi connectivity index (χ1n) is 5.44. The van der Waals surface area contributed by atoms with Gasteiger partial charge in [0.05, 0.1) is 18.4 Å². The van der Waals surface area contributed by atoms with Crippen LogP contribution in [0.3, 0.4) is 0 Å². The molecule has 0 aliphatic carbocycles. The van der Waals surface area contributed by atoms with E-state index < -0.39 is 16.0 Å². The van der Waals surface area contributed by atoms with Gasteiger partial charge >= 0.3 is 5.97 Å². The Kier molecular flexibility index (Phi) is 4.86. The summed E-state index contributed by atoms with van der Waals surface area (Å²) in [7, 11) is 1.15. The van der Waals surface area contributed by atoms with Crippen LogP contribution in [0.1, 0.15) is 15.9 Å². The second-order valence-electron chi connectivity index (χ2n) is 4.04. The van der Waals surface area contributed by atoms with E-state index in [2.05, 4.69) is 4.74 Å². The highest BCUT2D eigenvalue weighted by Crippen LogP contribution is 2.08. The number of carbonyl (C=O) groups is 1. The summed E-state index contributed by atoms with van der Waals surface area (Å²) in [5, 5.41) is 0. The van der Waals surface area contributed by atoms with Crippen LogP contribution < -0.4 is 0 Å². The van der Waals surface area contributed by atoms with Crippen LogP contribution in [0.25, 0.3) is 0 Å². The molecule has 0 N–H and O–H groups in total. The minimum absolute atomic E-state index is 0.0531. The van der Waals surface area contributed by atoms with Crippen molar-refractivity contribution in [3.63, 3.8) is 0 Å². The lowest BCUT2D eigenvalue weighted by Crippen LogP contribution is -2.26. The molecule has 0 radical (unpaired) electrons. The van der Waals surface area contributed by atoms with Crippen LogP contribution in [0.2, 0.25) is 0 Å². The Bertz CT molecular complexity index is 505. The first-order valence-corrected chi connectivity index (χ1v) is 7.05. The topological polar surface area (TPSA) is 63.7 Å². The van der Waals surface area contributed by atoms with Crippen molar-refractivity contribution in [3.05, 3.63) is 35.4 Å². The molecule has 0 aliphatic heterocycles. The van der Waals surface area contributed by atoms with Crippen molar-refractivity contribution < 1.29 is 17.9 Å². The van der Waals surface area contributed by atoms with Crippen molar-refractivity contribution in [1.29, 1.82) is 0 Å². The number of benzene rings is 1. The number of rotatable bonds is 5. The number of esters is 1. The molecule has 0 aromatic heterocycles. The fourth-order valence-electron chi connectivity index (χ4n) is 1.35. The lowest BCUT2D eigenvalue weighted by molar-refractivity contribution is 0.0600. The molecule has 0 unspecified atom stereocenters. The monoisotopic (exact) mass is 271 g/mol. The Labute approximate surface area is 107 Å². The first kappa shape index (κ1) is 14.7. The van der Waals surface area contributed by atoms with Gasteiger partial charge in [-0.3, -0.25) is 0 Å². The van der Waals surface area contributed by atoms with E-state index in [1.165, 1.54) is 25.5 Å². The maximum atomic E-state index is 11.6. The largest absolute Gasteiger partial charge is 0.465 e. The summed E-state index contributed by atoms with van der Waals surface area (Å²) in [5.41, 5.74) is 1.32. The van der Waals surface area contributed by atoms with E-state index in [-0.39, 0.29) is 5.75 Å². The first-order chi connectivity index (χ1) is 8.36. The Morgan fingerprint density at radius 3 is 2.22 bits per heavy atom. The third-order valence-electron chi connectivity index (χ3n) is 2.58. The van der Waals surface area contributed by atoms with Crippen LogP contribution in [-0.4, -0.2) is 45.7 Å². The lowest BCUT2D eigenvalue weighted by atomic mass is 10.1. The molecule has 0 aliphatic rings. The SMILES string of the molecule is COC(=O)c1ccc(CCS(=O)(=O)N(C)C)cc1. The van der Waals surface area contributed by atoms with E-state index in [0.717, 1.165) is 5.56 Å². The third-order valence-corrected chi connectivity index (χ3v) is 4.41. The van der Waals surface area contributed by atoms with Crippen LogP contribution in [0.15, 0.2) is 24.3 Å². The fraction of sp³-hybridized carbons (Fsp3) is 0.417. The van der Waals surface area contributed by atoms with Gasteiger partial charge in [0.2, 0.25) is 10.0 Å². The minimum atomic E-state index is -3.19. The number of carbonyl (C=O) groups excluding carboxylic acids is 1. The molecular formula is C12H17NO4S. The Morgan fingerprint density at radius 2 is 1.78 bits per heavy atom. The molecule has 18 heavy (non-hydrogen) atoms. The maximum absolute atomic E-state index is 11.6. The quantitative estimate of drug-likeness (QED) is 0.747. The van der Waals surface area contributed by atoms with Crippen molar-refractivity contribution >= 4 is 16.0 Å². The van der Waals surface area contributed by atoms with E-state index in [0.29, 0.717) is 12.0 Å². The van der Waals surface area contributed by atoms with Gasteiger partial charge in [0.25, 0.3) is 0 Å². The molecule has 0 amide bonds. The van der Waals surface area contributed by atoms with Gasteiger partial charge in [-0.25, -0.2) is 17.5 Å². The van der Waals surface area contributed by atoms with E-state index in [1.807, 2.05) is 0 Å². The van der Waals surface area contributed by atoms with Crippen molar-refractivity contribution in [3.8, 4) is 0 Å². The molecule has 6 heteroatoms. The lowest BCUT2D eigenvalue weighted by Gasteiger charge is -2.11. The number of methoxy groups -OCH3 is 1. The predicted octanol–water partition coefficient (Wildman–Crippen LogP) is 0.907. The van der Waals surface area contributed by atoms with Gasteiger partial charge in [0.15, 0.2) is 0 Å². The van der Waals surface area contributed by atoms with Crippen molar-refractivity contribution in [2.24, 2.45) is 0 Å². The molecule has 1 rings (SSSR count). The zero-order chi connectivity index (χ0) is 13.8. The van der Waals surface area contributed by atoms with Gasteiger partial charge in [-0.05, 0) is 24.1 Å². The van der Waals surface area contributed by atoms with E-state index in [1.54, 1.807) is 24.3 Å². The number of ether oxygens (including phenoxy) is 1. The molecule has 0 saturated carbocycles. The molecule has 0 heterocycles. The Morgan fingerprint density at radius 1 is 1.22 bits per heavy atom. The molecule has 100 valence electrons. The molecule has 1 aromatic carbocycles. The number of hydrogen-bond donors (Lipinski definition) is 0. The summed E-state index contributed by atoms with van der Waals surface area (Å²) in [6.45, 7) is 0. The van der Waals surface area contributed by atoms with Gasteiger partial charge in [0, 0.05) is 14.1 Å². The summed E-state index contributed by atoms with van der Waals surface area (Å²) in [5.74, 6) is -0.347. The van der Waals surface area contributed by atoms with Gasteiger partial charge in [-0.15, -0.1) is 0 Å². The number of hydrogen-bond acceptors (Lipinski definition) is 4. The molecule has 1 aromatic rings. The van der Waals surface area contributed by atoms with Crippen LogP contribution in [-0.2, 0) is 21.2 Å². The number of sulfonamides is 1. The van der Waals surface area contributed by atoms with Crippen LogP contribution in [0.5, 0.6) is 0 Å². The average Bonchev–Trinajstić information content (AvgIpc) is 2.36. The van der Waals surface area contributed by atoms with Gasteiger partial charge in [-0.2, -0.15) is 0 Å². The molecule has 0 saturated heterocycles. The minimum Gasteiger partial charge on any atom is -0.465 e. The normalized spacial score (nSPS) is 11.6. The second-order valence-corrected chi connectivity index (χ2v) is 6.34. The van der Waals surface area contributed by atoms with E-state index in [4.69, 9.17) is 0 Å². The van der Waals surface area contributed by atoms with E-state index in [9.17, 15) is 13.2 Å². The Hall–Kier alpha value is -1.40. The van der Waals surface area contributed by atoms with Crippen LogP contribution in [0, 0.1) is 0 Å². The van der Waals surface area contributed by atoms with Gasteiger partial charge < -0.3 is 4.74 Å². The zero-order valence-electron chi connectivity index (χ0n) is 10.7. The molecular weight excluding hydrogens is 254 g/mol. The van der Waals surface area contributed by atoms with Gasteiger partial charge in [0.1, 0.15) is 0 Å². The summed E-state index contributed by atoms with van der Waals surface area (Å²) in [4.78, 5) is 11.2. The van der Waals surface area contributed by atoms with Crippen LogP contribution >= 0.6 is 0 Å². The highest BCUT2D eigenvalue weighted by atomic mass is 32.2. The highest BCUT2D eigenvalue weighted by molar-refractivity contribution is 7.89. The standard InChI is InChI=1S/C12H17NO4S/c1-13(2)18(15,16)9-8-10-4-6-11(7-5-10)12(14)17-3/h4-7H,8-9H2,1-3H3. The number of nitrogens with zero attached hydrogens (tertiary/aromatic N) is 1. The van der Waals surface area contributed by atoms with Gasteiger partial charge in [-0.1, -0.05) is 12.1 Å². The maximum Gasteiger partial charge on any atom is 0.337 e. The van der Waals surface area contributed by atoms with Crippen molar-refractivity contribution in [2.45, 2.75) is 6.42 Å². The third kappa shape index (κ3) is 3.82. The molecule has 0 fully saturated rings. The highest BCUT2D eigenvalue weighted by Gasteiger charge is 2.13. The summed E-state index contributed by atoms with van der Waals surface area (Å²) < 4.78 is 28.9. The zero-order valence-corrected chi connectivity index (χ0v) is 11.5. The Balaban J connectivity index is 2.68. The predicted molar refractivity (Wildman–Crippen MR) is 69.0 cm³/mol. The molecule has 0 spiro atoms. The average molecular weight is 271 g/mol. The smallest absolute Gasteiger partial charge is 0.337 e. The van der Waals surface area contributed by atoms with E-state index >= 15 is 0 Å². The number of aryl methyl sites for hydroxylation is 1. The summed E-state index contributed by atoms with van der Waals surface area (Å²) in [6, 6.07) is 6.72. The van der Waals surface area contributed by atoms with Crippen LogP contribution in [0.4, 0.5) is 0 Å². The molecule has 0 bridgehead atoms.